The minimum absolute atomic E-state index is 0.0807. The second-order valence-corrected chi connectivity index (χ2v) is 5.56. The minimum atomic E-state index is -0.759. The molecule has 0 bridgehead atoms. The van der Waals surface area contributed by atoms with E-state index in [1.165, 1.54) is 0 Å². The van der Waals surface area contributed by atoms with E-state index >= 15 is 0 Å². The van der Waals surface area contributed by atoms with E-state index in [2.05, 4.69) is 11.8 Å². The zero-order chi connectivity index (χ0) is 16.0. The van der Waals surface area contributed by atoms with Crippen molar-refractivity contribution < 1.29 is 14.3 Å². The lowest BCUT2D eigenvalue weighted by atomic mass is 9.79. The summed E-state index contributed by atoms with van der Waals surface area (Å²) < 4.78 is 10.9. The van der Waals surface area contributed by atoms with E-state index in [4.69, 9.17) is 15.2 Å². The fourth-order valence-corrected chi connectivity index (χ4v) is 2.83. The maximum atomic E-state index is 11.4. The second kappa shape index (κ2) is 7.31. The number of rotatable bonds is 7. The number of benzene rings is 1. The topological polar surface area (TPSA) is 64.8 Å². The molecule has 0 radical (unpaired) electrons. The smallest absolute Gasteiger partial charge is 0.405 e. The molecule has 118 valence electrons. The van der Waals surface area contributed by atoms with Crippen LogP contribution in [0.15, 0.2) is 24.3 Å². The third-order valence-corrected chi connectivity index (χ3v) is 3.80. The van der Waals surface area contributed by atoms with Crippen molar-refractivity contribution in [2.45, 2.75) is 25.9 Å². The van der Waals surface area contributed by atoms with Crippen LogP contribution in [0.2, 0.25) is 0 Å². The average Bonchev–Trinajstić information content (AvgIpc) is 2.43. The Morgan fingerprint density at radius 2 is 2.10 bits per heavy atom. The predicted molar refractivity (Wildman–Crippen MR) is 83.3 cm³/mol. The second-order valence-electron chi connectivity index (χ2n) is 5.56. The maximum Gasteiger partial charge on any atom is 0.405 e. The van der Waals surface area contributed by atoms with Crippen molar-refractivity contribution in [3.8, 4) is 5.75 Å². The van der Waals surface area contributed by atoms with Gasteiger partial charge in [0.25, 0.3) is 0 Å². The first-order chi connectivity index (χ1) is 9.85. The van der Waals surface area contributed by atoms with Crippen molar-refractivity contribution in [2.75, 3.05) is 27.7 Å². The highest BCUT2D eigenvalue weighted by Gasteiger charge is 2.40. The van der Waals surface area contributed by atoms with Gasteiger partial charge >= 0.3 is 6.09 Å². The Kier molecular flexibility index (Phi) is 6.03. The molecule has 0 saturated carbocycles. The molecule has 0 aromatic heterocycles. The Balaban J connectivity index is 3.30. The van der Waals surface area contributed by atoms with Crippen LogP contribution in [0, 0.1) is 5.92 Å². The van der Waals surface area contributed by atoms with Gasteiger partial charge in [-0.15, -0.1) is 0 Å². The number of methoxy groups -OCH3 is 1. The maximum absolute atomic E-state index is 11.4. The number of hydrogen-bond acceptors (Lipinski definition) is 4. The molecule has 0 unspecified atom stereocenters. The number of nitrogens with two attached hydrogens (primary N) is 1. The van der Waals surface area contributed by atoms with Gasteiger partial charge in [0.15, 0.2) is 0 Å². The SMILES string of the molecule is CC[C@](OC(N)=O)(c1cccc(OC)c1)[C@@H](C)CN(C)C. The summed E-state index contributed by atoms with van der Waals surface area (Å²) in [5, 5.41) is 0. The summed E-state index contributed by atoms with van der Waals surface area (Å²) in [4.78, 5) is 13.5. The zero-order valence-electron chi connectivity index (χ0n) is 13.6. The number of ether oxygens (including phenoxy) is 2. The lowest BCUT2D eigenvalue weighted by molar-refractivity contribution is -0.0404. The van der Waals surface area contributed by atoms with Crippen molar-refractivity contribution >= 4 is 6.09 Å². The van der Waals surface area contributed by atoms with Gasteiger partial charge in [-0.2, -0.15) is 0 Å². The van der Waals surface area contributed by atoms with Crippen LogP contribution in [-0.4, -0.2) is 38.7 Å². The predicted octanol–water partition coefficient (Wildman–Crippen LogP) is 2.59. The Labute approximate surface area is 127 Å². The Morgan fingerprint density at radius 1 is 1.43 bits per heavy atom. The molecule has 0 aliphatic carbocycles. The highest BCUT2D eigenvalue weighted by Crippen LogP contribution is 2.38. The molecule has 0 fully saturated rings. The summed E-state index contributed by atoms with van der Waals surface area (Å²) in [6.45, 7) is 4.83. The number of amides is 1. The van der Waals surface area contributed by atoms with Gasteiger partial charge < -0.3 is 20.1 Å². The molecule has 0 aliphatic rings. The Hall–Kier alpha value is -1.75. The lowest BCUT2D eigenvalue weighted by Crippen LogP contribution is -2.43. The molecule has 0 saturated heterocycles. The zero-order valence-corrected chi connectivity index (χ0v) is 13.6. The molecule has 1 aromatic carbocycles. The first-order valence-electron chi connectivity index (χ1n) is 7.13. The van der Waals surface area contributed by atoms with E-state index in [9.17, 15) is 4.79 Å². The van der Waals surface area contributed by atoms with E-state index in [0.29, 0.717) is 6.42 Å². The molecule has 5 heteroatoms. The molecule has 0 aliphatic heterocycles. The van der Waals surface area contributed by atoms with Crippen LogP contribution in [0.1, 0.15) is 25.8 Å². The summed E-state index contributed by atoms with van der Waals surface area (Å²) in [7, 11) is 5.60. The first-order valence-corrected chi connectivity index (χ1v) is 7.13. The molecule has 1 amide bonds. The van der Waals surface area contributed by atoms with Gasteiger partial charge in [0.05, 0.1) is 7.11 Å². The van der Waals surface area contributed by atoms with Crippen molar-refractivity contribution in [1.29, 1.82) is 0 Å². The Morgan fingerprint density at radius 3 is 2.57 bits per heavy atom. The molecule has 2 atom stereocenters. The number of hydrogen-bond donors (Lipinski definition) is 1. The summed E-state index contributed by atoms with van der Waals surface area (Å²) in [5.74, 6) is 0.813. The monoisotopic (exact) mass is 294 g/mol. The fraction of sp³-hybridized carbons (Fsp3) is 0.562. The summed E-state index contributed by atoms with van der Waals surface area (Å²) in [6, 6.07) is 7.61. The van der Waals surface area contributed by atoms with Gasteiger partial charge in [0.1, 0.15) is 11.4 Å². The quantitative estimate of drug-likeness (QED) is 0.839. The minimum Gasteiger partial charge on any atom is -0.497 e. The number of nitrogens with zero attached hydrogens (tertiary/aromatic N) is 1. The van der Waals surface area contributed by atoms with Crippen LogP contribution in [0.5, 0.6) is 5.75 Å². The molecule has 0 spiro atoms. The largest absolute Gasteiger partial charge is 0.497 e. The van der Waals surface area contributed by atoms with Crippen LogP contribution >= 0.6 is 0 Å². The van der Waals surface area contributed by atoms with E-state index in [0.717, 1.165) is 17.9 Å². The summed E-state index contributed by atoms with van der Waals surface area (Å²) in [6.07, 6.45) is -0.122. The van der Waals surface area contributed by atoms with Gasteiger partial charge in [0.2, 0.25) is 0 Å². The van der Waals surface area contributed by atoms with Crippen LogP contribution < -0.4 is 10.5 Å². The molecule has 5 nitrogen and oxygen atoms in total. The summed E-state index contributed by atoms with van der Waals surface area (Å²) in [5.41, 5.74) is 5.47. The van der Waals surface area contributed by atoms with E-state index < -0.39 is 11.7 Å². The Bertz CT molecular complexity index is 476. The molecule has 2 N–H and O–H groups in total. The van der Waals surface area contributed by atoms with Gasteiger partial charge in [-0.25, -0.2) is 4.79 Å². The molecule has 21 heavy (non-hydrogen) atoms. The van der Waals surface area contributed by atoms with Crippen LogP contribution in [0.3, 0.4) is 0 Å². The third kappa shape index (κ3) is 4.11. The van der Waals surface area contributed by atoms with Crippen molar-refractivity contribution in [3.63, 3.8) is 0 Å². The van der Waals surface area contributed by atoms with E-state index in [1.54, 1.807) is 7.11 Å². The van der Waals surface area contributed by atoms with Gasteiger partial charge in [-0.1, -0.05) is 26.0 Å². The standard InChI is InChI=1S/C16H26N2O3/c1-6-16(21-15(17)19,12(2)11-18(3)4)13-8-7-9-14(10-13)20-5/h7-10,12H,6,11H2,1-5H3,(H2,17,19)/t12-,16+/m0/s1. The van der Waals surface area contributed by atoms with Crippen LogP contribution in [0.4, 0.5) is 4.79 Å². The highest BCUT2D eigenvalue weighted by molar-refractivity contribution is 5.65. The molecular formula is C16H26N2O3. The normalized spacial score (nSPS) is 15.3. The molecule has 1 aromatic rings. The fourth-order valence-electron chi connectivity index (χ4n) is 2.83. The first kappa shape index (κ1) is 17.3. The highest BCUT2D eigenvalue weighted by atomic mass is 16.6. The molecule has 1 rings (SSSR count). The summed E-state index contributed by atoms with van der Waals surface area (Å²) >= 11 is 0. The van der Waals surface area contributed by atoms with E-state index in [-0.39, 0.29) is 5.92 Å². The lowest BCUT2D eigenvalue weighted by Gasteiger charge is -2.39. The van der Waals surface area contributed by atoms with Crippen LogP contribution in [0.25, 0.3) is 0 Å². The van der Waals surface area contributed by atoms with Gasteiger partial charge in [-0.3, -0.25) is 0 Å². The molecule has 0 heterocycles. The van der Waals surface area contributed by atoms with Crippen molar-refractivity contribution in [1.82, 2.24) is 4.90 Å². The van der Waals surface area contributed by atoms with Gasteiger partial charge in [0, 0.05) is 12.5 Å². The number of carbonyl (C=O) groups is 1. The number of carbonyl (C=O) groups excluding carboxylic acids is 1. The third-order valence-electron chi connectivity index (χ3n) is 3.80. The van der Waals surface area contributed by atoms with Crippen molar-refractivity contribution in [2.24, 2.45) is 11.7 Å². The van der Waals surface area contributed by atoms with E-state index in [1.807, 2.05) is 45.3 Å². The van der Waals surface area contributed by atoms with Crippen LogP contribution in [-0.2, 0) is 10.3 Å². The number of primary amides is 1. The van der Waals surface area contributed by atoms with Gasteiger partial charge in [-0.05, 0) is 38.2 Å². The van der Waals surface area contributed by atoms with Crippen molar-refractivity contribution in [3.05, 3.63) is 29.8 Å². The molecular weight excluding hydrogens is 268 g/mol. The average molecular weight is 294 g/mol.